The maximum absolute atomic E-state index is 6.09. The lowest BCUT2D eigenvalue weighted by Gasteiger charge is -2.18. The summed E-state index contributed by atoms with van der Waals surface area (Å²) in [6, 6.07) is 13.3. The Morgan fingerprint density at radius 3 is 2.62 bits per heavy atom. The Labute approximate surface area is 164 Å². The van der Waals surface area contributed by atoms with E-state index in [9.17, 15) is 0 Å². The van der Waals surface area contributed by atoms with Crippen LogP contribution in [-0.2, 0) is 6.54 Å². The van der Waals surface area contributed by atoms with E-state index in [1.54, 1.807) is 13.2 Å². The third-order valence-corrected chi connectivity index (χ3v) is 3.42. The Balaban J connectivity index is 0.00000288. The van der Waals surface area contributed by atoms with E-state index in [0.717, 1.165) is 5.69 Å². The molecule has 1 heterocycles. The summed E-state index contributed by atoms with van der Waals surface area (Å²) in [4.78, 5) is 8.45. The number of benzene rings is 1. The molecule has 0 saturated carbocycles. The lowest BCUT2D eigenvalue weighted by molar-refractivity contribution is 0.224. The zero-order valence-corrected chi connectivity index (χ0v) is 16.8. The molecule has 0 aliphatic heterocycles. The Kier molecular flexibility index (Phi) is 9.48. The largest absolute Gasteiger partial charge is 0.487 e. The van der Waals surface area contributed by atoms with E-state index in [0.29, 0.717) is 29.8 Å². The van der Waals surface area contributed by atoms with Crippen molar-refractivity contribution >= 4 is 41.5 Å². The van der Waals surface area contributed by atoms with E-state index >= 15 is 0 Å². The number of hydrogen-bond donors (Lipinski definition) is 2. The molecule has 0 fully saturated rings. The fourth-order valence-corrected chi connectivity index (χ4v) is 2.12. The number of rotatable bonds is 6. The van der Waals surface area contributed by atoms with Crippen LogP contribution in [0.5, 0.6) is 5.75 Å². The van der Waals surface area contributed by atoms with Crippen molar-refractivity contribution < 1.29 is 4.74 Å². The second-order valence-electron chi connectivity index (χ2n) is 4.99. The molecule has 2 aromatic rings. The summed E-state index contributed by atoms with van der Waals surface area (Å²) >= 11 is 6.09. The van der Waals surface area contributed by atoms with Gasteiger partial charge in [-0.2, -0.15) is 0 Å². The molecule has 5 nitrogen and oxygen atoms in total. The molecule has 0 amide bonds. The highest BCUT2D eigenvalue weighted by atomic mass is 127. The molecule has 0 spiro atoms. The normalized spacial score (nSPS) is 12.0. The van der Waals surface area contributed by atoms with Crippen molar-refractivity contribution in [1.29, 1.82) is 0 Å². The molecular formula is C17H22ClIN4O. The van der Waals surface area contributed by atoms with Gasteiger partial charge in [0, 0.05) is 13.2 Å². The summed E-state index contributed by atoms with van der Waals surface area (Å²) in [6.07, 6.45) is 1.72. The third kappa shape index (κ3) is 6.92. The van der Waals surface area contributed by atoms with E-state index in [1.165, 1.54) is 0 Å². The number of nitrogens with one attached hydrogen (secondary N) is 2. The van der Waals surface area contributed by atoms with Crippen LogP contribution in [0.1, 0.15) is 12.6 Å². The summed E-state index contributed by atoms with van der Waals surface area (Å²) in [5, 5.41) is 7.04. The van der Waals surface area contributed by atoms with Crippen molar-refractivity contribution in [1.82, 2.24) is 15.6 Å². The Hall–Kier alpha value is -1.54. The van der Waals surface area contributed by atoms with Crippen molar-refractivity contribution in [3.8, 4) is 5.75 Å². The van der Waals surface area contributed by atoms with Gasteiger partial charge in [0.25, 0.3) is 0 Å². The first-order valence-electron chi connectivity index (χ1n) is 7.44. The molecule has 1 atom stereocenters. The van der Waals surface area contributed by atoms with E-state index in [4.69, 9.17) is 16.3 Å². The highest BCUT2D eigenvalue weighted by Crippen LogP contribution is 2.23. The van der Waals surface area contributed by atoms with Gasteiger partial charge >= 0.3 is 0 Å². The van der Waals surface area contributed by atoms with E-state index in [-0.39, 0.29) is 30.1 Å². The van der Waals surface area contributed by atoms with Crippen molar-refractivity contribution in [3.63, 3.8) is 0 Å². The lowest BCUT2D eigenvalue weighted by atomic mass is 10.3. The maximum atomic E-state index is 6.09. The van der Waals surface area contributed by atoms with Gasteiger partial charge in [-0.3, -0.25) is 9.98 Å². The monoisotopic (exact) mass is 460 g/mol. The Bertz CT molecular complexity index is 639. The third-order valence-electron chi connectivity index (χ3n) is 3.11. The molecule has 0 bridgehead atoms. The molecule has 1 unspecified atom stereocenters. The Morgan fingerprint density at radius 1 is 1.21 bits per heavy atom. The van der Waals surface area contributed by atoms with E-state index in [2.05, 4.69) is 20.6 Å². The van der Waals surface area contributed by atoms with Crippen LogP contribution < -0.4 is 15.4 Å². The number of aliphatic imine (C=N–C) groups is 1. The van der Waals surface area contributed by atoms with Crippen LogP contribution in [0.25, 0.3) is 0 Å². The quantitative estimate of drug-likeness (QED) is 0.394. The molecule has 0 aliphatic carbocycles. The van der Waals surface area contributed by atoms with Gasteiger partial charge in [0.05, 0.1) is 23.8 Å². The number of halogens is 2. The van der Waals surface area contributed by atoms with Crippen molar-refractivity contribution in [3.05, 3.63) is 59.4 Å². The fourth-order valence-electron chi connectivity index (χ4n) is 1.94. The van der Waals surface area contributed by atoms with Gasteiger partial charge in [0.2, 0.25) is 0 Å². The zero-order valence-electron chi connectivity index (χ0n) is 13.7. The number of hydrogen-bond acceptors (Lipinski definition) is 3. The van der Waals surface area contributed by atoms with Crippen molar-refractivity contribution in [2.75, 3.05) is 13.6 Å². The average Bonchev–Trinajstić information content (AvgIpc) is 2.58. The second kappa shape index (κ2) is 11.1. The van der Waals surface area contributed by atoms with Crippen LogP contribution in [0.15, 0.2) is 53.7 Å². The molecule has 1 aromatic heterocycles. The smallest absolute Gasteiger partial charge is 0.191 e. The number of aromatic nitrogens is 1. The molecule has 2 rings (SSSR count). The summed E-state index contributed by atoms with van der Waals surface area (Å²) in [6.45, 7) is 3.19. The van der Waals surface area contributed by atoms with Crippen LogP contribution in [0.3, 0.4) is 0 Å². The number of guanidine groups is 1. The van der Waals surface area contributed by atoms with Gasteiger partial charge in [-0.25, -0.2) is 0 Å². The van der Waals surface area contributed by atoms with Gasteiger partial charge in [-0.15, -0.1) is 24.0 Å². The van der Waals surface area contributed by atoms with Gasteiger partial charge in [-0.05, 0) is 31.2 Å². The van der Waals surface area contributed by atoms with Gasteiger partial charge < -0.3 is 15.4 Å². The molecule has 1 aromatic carbocycles. The summed E-state index contributed by atoms with van der Waals surface area (Å²) in [5.41, 5.74) is 0.954. The molecule has 24 heavy (non-hydrogen) atoms. The zero-order chi connectivity index (χ0) is 16.5. The lowest BCUT2D eigenvalue weighted by Crippen LogP contribution is -2.41. The molecule has 0 saturated heterocycles. The first-order valence-corrected chi connectivity index (χ1v) is 7.82. The topological polar surface area (TPSA) is 58.5 Å². The van der Waals surface area contributed by atoms with Crippen LogP contribution in [0.4, 0.5) is 0 Å². The predicted octanol–water partition coefficient (Wildman–Crippen LogP) is 3.49. The van der Waals surface area contributed by atoms with E-state index in [1.807, 2.05) is 49.4 Å². The van der Waals surface area contributed by atoms with Gasteiger partial charge in [0.15, 0.2) is 5.96 Å². The number of pyridine rings is 1. The van der Waals surface area contributed by atoms with Crippen molar-refractivity contribution in [2.45, 2.75) is 19.6 Å². The second-order valence-corrected chi connectivity index (χ2v) is 5.39. The summed E-state index contributed by atoms with van der Waals surface area (Å²) in [5.74, 6) is 1.38. The molecule has 7 heteroatoms. The highest BCUT2D eigenvalue weighted by Gasteiger charge is 2.08. The SMILES string of the molecule is CN=C(NCc1ccccn1)NCC(C)Oc1ccccc1Cl.I. The van der Waals surface area contributed by atoms with Crippen LogP contribution >= 0.6 is 35.6 Å². The Morgan fingerprint density at radius 2 is 1.96 bits per heavy atom. The molecule has 130 valence electrons. The molecule has 2 N–H and O–H groups in total. The van der Waals surface area contributed by atoms with E-state index < -0.39 is 0 Å². The molecule has 0 radical (unpaired) electrons. The first-order chi connectivity index (χ1) is 11.2. The maximum Gasteiger partial charge on any atom is 0.191 e. The minimum atomic E-state index is -0.0525. The van der Waals surface area contributed by atoms with Crippen LogP contribution in [-0.4, -0.2) is 30.6 Å². The van der Waals surface area contributed by atoms with Crippen LogP contribution in [0, 0.1) is 0 Å². The number of para-hydroxylation sites is 1. The summed E-state index contributed by atoms with van der Waals surface area (Å²) in [7, 11) is 1.73. The first kappa shape index (κ1) is 20.5. The standard InChI is InChI=1S/C17H21ClN4O.HI/c1-13(23-16-9-4-3-8-15(16)18)11-21-17(19-2)22-12-14-7-5-6-10-20-14;/h3-10,13H,11-12H2,1-2H3,(H2,19,21,22);1H. The summed E-state index contributed by atoms with van der Waals surface area (Å²) < 4.78 is 5.81. The molecule has 0 aliphatic rings. The number of ether oxygens (including phenoxy) is 1. The van der Waals surface area contributed by atoms with Crippen molar-refractivity contribution in [2.24, 2.45) is 4.99 Å². The highest BCUT2D eigenvalue weighted by molar-refractivity contribution is 14.0. The molecular weight excluding hydrogens is 439 g/mol. The van der Waals surface area contributed by atoms with Gasteiger partial charge in [0.1, 0.15) is 11.9 Å². The van der Waals surface area contributed by atoms with Crippen LogP contribution in [0.2, 0.25) is 5.02 Å². The fraction of sp³-hybridized carbons (Fsp3) is 0.294. The van der Waals surface area contributed by atoms with Gasteiger partial charge in [-0.1, -0.05) is 29.8 Å². The predicted molar refractivity (Wildman–Crippen MR) is 109 cm³/mol. The minimum absolute atomic E-state index is 0. The average molecular weight is 461 g/mol. The minimum Gasteiger partial charge on any atom is -0.487 e. The number of nitrogens with zero attached hydrogens (tertiary/aromatic N) is 2.